The van der Waals surface area contributed by atoms with E-state index in [1.54, 1.807) is 20.0 Å². The first-order chi connectivity index (χ1) is 6.57. The van der Waals surface area contributed by atoms with Gasteiger partial charge >= 0.3 is 0 Å². The Balaban J connectivity index is 3.11. The largest absolute Gasteiger partial charge is 0.313 e. The summed E-state index contributed by atoms with van der Waals surface area (Å²) in [6, 6.07) is 2.94. The molecule has 2 nitrogen and oxygen atoms in total. The van der Waals surface area contributed by atoms with Crippen molar-refractivity contribution in [3.05, 3.63) is 34.1 Å². The molecule has 0 amide bonds. The van der Waals surface area contributed by atoms with Crippen molar-refractivity contribution < 1.29 is 9.18 Å². The zero-order chi connectivity index (χ0) is 10.7. The van der Waals surface area contributed by atoms with Crippen molar-refractivity contribution in [1.29, 1.82) is 0 Å². The van der Waals surface area contributed by atoms with E-state index in [0.29, 0.717) is 11.1 Å². The van der Waals surface area contributed by atoms with Gasteiger partial charge in [0.05, 0.1) is 11.6 Å². The third kappa shape index (κ3) is 2.11. The van der Waals surface area contributed by atoms with Gasteiger partial charge in [0.25, 0.3) is 0 Å². The number of rotatable bonds is 3. The standard InChI is InChI=1S/C10H11ClFNO/c1-6-7(9(14)5-13-2)3-4-8(11)10(6)12/h3-4,13H,5H2,1-2H3. The fourth-order valence-corrected chi connectivity index (χ4v) is 1.41. The van der Waals surface area contributed by atoms with E-state index in [9.17, 15) is 9.18 Å². The number of nitrogens with one attached hydrogen (secondary N) is 1. The molecular formula is C10H11ClFNO. The molecule has 0 bridgehead atoms. The van der Waals surface area contributed by atoms with Gasteiger partial charge in [-0.25, -0.2) is 4.39 Å². The Morgan fingerprint density at radius 3 is 2.79 bits per heavy atom. The van der Waals surface area contributed by atoms with Crippen LogP contribution in [-0.2, 0) is 0 Å². The quantitative estimate of drug-likeness (QED) is 0.784. The minimum absolute atomic E-state index is 0.0449. The molecule has 0 radical (unpaired) electrons. The van der Waals surface area contributed by atoms with Crippen molar-refractivity contribution in [2.45, 2.75) is 6.92 Å². The first-order valence-electron chi connectivity index (χ1n) is 4.20. The van der Waals surface area contributed by atoms with E-state index in [1.807, 2.05) is 0 Å². The second kappa shape index (κ2) is 4.53. The van der Waals surface area contributed by atoms with Crippen LogP contribution >= 0.6 is 11.6 Å². The zero-order valence-electron chi connectivity index (χ0n) is 8.03. The molecule has 0 aromatic heterocycles. The maximum atomic E-state index is 13.3. The van der Waals surface area contributed by atoms with Gasteiger partial charge in [0.15, 0.2) is 5.78 Å². The smallest absolute Gasteiger partial charge is 0.176 e. The fourth-order valence-electron chi connectivity index (χ4n) is 1.21. The van der Waals surface area contributed by atoms with Gasteiger partial charge in [0.1, 0.15) is 5.82 Å². The first-order valence-corrected chi connectivity index (χ1v) is 4.58. The van der Waals surface area contributed by atoms with Gasteiger partial charge in [0.2, 0.25) is 0 Å². The number of likely N-dealkylation sites (N-methyl/N-ethyl adjacent to an activating group) is 1. The number of halogens is 2. The monoisotopic (exact) mass is 215 g/mol. The van der Waals surface area contributed by atoms with Crippen LogP contribution in [0.15, 0.2) is 12.1 Å². The topological polar surface area (TPSA) is 29.1 Å². The molecular weight excluding hydrogens is 205 g/mol. The lowest BCUT2D eigenvalue weighted by molar-refractivity contribution is 0.0992. The van der Waals surface area contributed by atoms with E-state index in [0.717, 1.165) is 0 Å². The molecule has 0 spiro atoms. The summed E-state index contributed by atoms with van der Waals surface area (Å²) in [7, 11) is 1.67. The molecule has 0 unspecified atom stereocenters. The van der Waals surface area contributed by atoms with Gasteiger partial charge in [-0.15, -0.1) is 0 Å². The SMILES string of the molecule is CNCC(=O)c1ccc(Cl)c(F)c1C. The molecule has 0 aliphatic heterocycles. The van der Waals surface area contributed by atoms with E-state index in [2.05, 4.69) is 5.32 Å². The highest BCUT2D eigenvalue weighted by Crippen LogP contribution is 2.21. The second-order valence-electron chi connectivity index (χ2n) is 2.99. The lowest BCUT2D eigenvalue weighted by Gasteiger charge is -2.06. The van der Waals surface area contributed by atoms with Crippen molar-refractivity contribution in [1.82, 2.24) is 5.32 Å². The highest BCUT2D eigenvalue weighted by Gasteiger charge is 2.13. The van der Waals surface area contributed by atoms with Gasteiger partial charge in [-0.3, -0.25) is 4.79 Å². The molecule has 1 aromatic rings. The number of carbonyl (C=O) groups is 1. The summed E-state index contributed by atoms with van der Waals surface area (Å²) in [5, 5.41) is 2.77. The molecule has 14 heavy (non-hydrogen) atoms. The normalized spacial score (nSPS) is 10.3. The minimum Gasteiger partial charge on any atom is -0.313 e. The van der Waals surface area contributed by atoms with Crippen LogP contribution < -0.4 is 5.32 Å². The van der Waals surface area contributed by atoms with Crippen LogP contribution in [0.4, 0.5) is 4.39 Å². The van der Waals surface area contributed by atoms with E-state index in [4.69, 9.17) is 11.6 Å². The summed E-state index contributed by atoms with van der Waals surface area (Å²) >= 11 is 5.57. The molecule has 1 aromatic carbocycles. The van der Waals surface area contributed by atoms with Crippen molar-refractivity contribution in [3.8, 4) is 0 Å². The Kier molecular flexibility index (Phi) is 3.61. The molecule has 0 fully saturated rings. The molecule has 0 atom stereocenters. The van der Waals surface area contributed by atoms with Crippen molar-refractivity contribution in [2.24, 2.45) is 0 Å². The predicted octanol–water partition coefficient (Wildman–Crippen LogP) is 2.19. The molecule has 0 saturated heterocycles. The Morgan fingerprint density at radius 2 is 2.21 bits per heavy atom. The fraction of sp³-hybridized carbons (Fsp3) is 0.300. The number of ketones is 1. The molecule has 4 heteroatoms. The predicted molar refractivity (Wildman–Crippen MR) is 54.4 cm³/mol. The van der Waals surface area contributed by atoms with Crippen LogP contribution in [0.3, 0.4) is 0 Å². The lowest BCUT2D eigenvalue weighted by Crippen LogP contribution is -2.19. The second-order valence-corrected chi connectivity index (χ2v) is 3.39. The Labute approximate surface area is 87.1 Å². The number of carbonyl (C=O) groups excluding carboxylic acids is 1. The Morgan fingerprint density at radius 1 is 1.57 bits per heavy atom. The van der Waals surface area contributed by atoms with E-state index >= 15 is 0 Å². The number of Topliss-reactive ketones (excluding diaryl/α,β-unsaturated/α-hetero) is 1. The maximum absolute atomic E-state index is 13.3. The van der Waals surface area contributed by atoms with Gasteiger partial charge in [-0.1, -0.05) is 11.6 Å². The van der Waals surface area contributed by atoms with E-state index < -0.39 is 5.82 Å². The average Bonchev–Trinajstić information content (AvgIpc) is 2.15. The third-order valence-corrected chi connectivity index (χ3v) is 2.27. The summed E-state index contributed by atoms with van der Waals surface area (Å²) < 4.78 is 13.3. The third-order valence-electron chi connectivity index (χ3n) is 1.98. The molecule has 0 heterocycles. The van der Waals surface area contributed by atoms with Gasteiger partial charge < -0.3 is 5.32 Å². The molecule has 0 aliphatic rings. The van der Waals surface area contributed by atoms with E-state index in [1.165, 1.54) is 6.07 Å². The molecule has 76 valence electrons. The van der Waals surface area contributed by atoms with E-state index in [-0.39, 0.29) is 17.4 Å². The van der Waals surface area contributed by atoms with Crippen molar-refractivity contribution >= 4 is 17.4 Å². The average molecular weight is 216 g/mol. The van der Waals surface area contributed by atoms with Gasteiger partial charge in [0, 0.05) is 5.56 Å². The number of hydrogen-bond acceptors (Lipinski definition) is 2. The highest BCUT2D eigenvalue weighted by molar-refractivity contribution is 6.31. The minimum atomic E-state index is -0.520. The number of hydrogen-bond donors (Lipinski definition) is 1. The van der Waals surface area contributed by atoms with Crippen LogP contribution in [0.2, 0.25) is 5.02 Å². The van der Waals surface area contributed by atoms with Gasteiger partial charge in [-0.2, -0.15) is 0 Å². The summed E-state index contributed by atoms with van der Waals surface area (Å²) in [4.78, 5) is 11.5. The zero-order valence-corrected chi connectivity index (χ0v) is 8.78. The number of benzene rings is 1. The Hall–Kier alpha value is -0.930. The van der Waals surface area contributed by atoms with Crippen LogP contribution in [-0.4, -0.2) is 19.4 Å². The molecule has 0 saturated carbocycles. The van der Waals surface area contributed by atoms with Gasteiger partial charge in [-0.05, 0) is 31.7 Å². The summed E-state index contributed by atoms with van der Waals surface area (Å²) in [5.74, 6) is -0.658. The Bertz CT molecular complexity index is 365. The van der Waals surface area contributed by atoms with Crippen molar-refractivity contribution in [3.63, 3.8) is 0 Å². The summed E-state index contributed by atoms with van der Waals surface area (Å²) in [5.41, 5.74) is 0.680. The van der Waals surface area contributed by atoms with Crippen LogP contribution in [0.5, 0.6) is 0 Å². The van der Waals surface area contributed by atoms with Crippen molar-refractivity contribution in [2.75, 3.05) is 13.6 Å². The first kappa shape index (κ1) is 11.1. The lowest BCUT2D eigenvalue weighted by atomic mass is 10.0. The molecule has 1 N–H and O–H groups in total. The summed E-state index contributed by atoms with van der Waals surface area (Å²) in [6.45, 7) is 1.74. The van der Waals surface area contributed by atoms with Crippen LogP contribution in [0, 0.1) is 12.7 Å². The summed E-state index contributed by atoms with van der Waals surface area (Å²) in [6.07, 6.45) is 0. The van der Waals surface area contributed by atoms with Crippen LogP contribution in [0.1, 0.15) is 15.9 Å². The molecule has 1 rings (SSSR count). The molecule has 0 aliphatic carbocycles. The van der Waals surface area contributed by atoms with Crippen LogP contribution in [0.25, 0.3) is 0 Å². The highest BCUT2D eigenvalue weighted by atomic mass is 35.5. The maximum Gasteiger partial charge on any atom is 0.176 e.